The van der Waals surface area contributed by atoms with E-state index in [1.165, 1.54) is 43.3 Å². The smallest absolute Gasteiger partial charge is 0.339 e. The minimum atomic E-state index is -4.30. The molecule has 8 nitrogen and oxygen atoms in total. The Morgan fingerprint density at radius 2 is 1.70 bits per heavy atom. The van der Waals surface area contributed by atoms with E-state index in [9.17, 15) is 23.3 Å². The van der Waals surface area contributed by atoms with E-state index in [0.29, 0.717) is 17.7 Å². The van der Waals surface area contributed by atoms with Crippen LogP contribution < -0.4 is 9.08 Å². The topological polar surface area (TPSA) is 107 Å². The number of anilines is 1. The van der Waals surface area contributed by atoms with E-state index in [4.69, 9.17) is 4.18 Å². The number of benzene rings is 3. The lowest BCUT2D eigenvalue weighted by Crippen LogP contribution is -2.31. The fourth-order valence-electron chi connectivity index (χ4n) is 3.22. The SMILES string of the molecule is CCCCN(C(=O)c1ccc(OS(=O)(=O)c2cc([N+](=O)[O-])ccc2C)cc1)c1ccccc1. The molecule has 0 heterocycles. The summed E-state index contributed by atoms with van der Waals surface area (Å²) in [4.78, 5) is 24.9. The van der Waals surface area contributed by atoms with Gasteiger partial charge >= 0.3 is 10.1 Å². The minimum Gasteiger partial charge on any atom is -0.379 e. The van der Waals surface area contributed by atoms with Crippen molar-refractivity contribution in [2.45, 2.75) is 31.6 Å². The Morgan fingerprint density at radius 1 is 1.03 bits per heavy atom. The number of carbonyl (C=O) groups excluding carboxylic acids is 1. The van der Waals surface area contributed by atoms with E-state index in [0.717, 1.165) is 24.6 Å². The lowest BCUT2D eigenvalue weighted by molar-refractivity contribution is -0.385. The molecule has 33 heavy (non-hydrogen) atoms. The van der Waals surface area contributed by atoms with E-state index < -0.39 is 15.0 Å². The molecule has 0 saturated heterocycles. The molecule has 0 fully saturated rings. The first-order valence-electron chi connectivity index (χ1n) is 10.4. The van der Waals surface area contributed by atoms with Gasteiger partial charge in [0, 0.05) is 29.9 Å². The number of rotatable bonds is 9. The number of hydrogen-bond donors (Lipinski definition) is 0. The van der Waals surface area contributed by atoms with Crippen molar-refractivity contribution in [2.75, 3.05) is 11.4 Å². The molecule has 0 radical (unpaired) electrons. The Hall–Kier alpha value is -3.72. The summed E-state index contributed by atoms with van der Waals surface area (Å²) >= 11 is 0. The fourth-order valence-corrected chi connectivity index (χ4v) is 4.41. The highest BCUT2D eigenvalue weighted by atomic mass is 32.2. The normalized spacial score (nSPS) is 11.1. The maximum Gasteiger partial charge on any atom is 0.339 e. The predicted molar refractivity (Wildman–Crippen MR) is 125 cm³/mol. The molecule has 3 aromatic carbocycles. The molecule has 0 aromatic heterocycles. The first-order chi connectivity index (χ1) is 15.7. The van der Waals surface area contributed by atoms with Crippen LogP contribution in [-0.2, 0) is 10.1 Å². The molecule has 0 bridgehead atoms. The highest BCUT2D eigenvalue weighted by molar-refractivity contribution is 7.87. The second kappa shape index (κ2) is 10.3. The molecule has 9 heteroatoms. The van der Waals surface area contributed by atoms with Crippen LogP contribution in [0.1, 0.15) is 35.7 Å². The molecule has 3 rings (SSSR count). The van der Waals surface area contributed by atoms with Gasteiger partial charge in [0.2, 0.25) is 0 Å². The van der Waals surface area contributed by atoms with E-state index in [1.54, 1.807) is 4.90 Å². The summed E-state index contributed by atoms with van der Waals surface area (Å²) in [5.41, 5.74) is 1.13. The Kier molecular flexibility index (Phi) is 7.44. The maximum absolute atomic E-state index is 13.1. The van der Waals surface area contributed by atoms with Crippen LogP contribution in [0.15, 0.2) is 77.7 Å². The predicted octanol–water partition coefficient (Wildman–Crippen LogP) is 5.12. The van der Waals surface area contributed by atoms with E-state index in [-0.39, 0.29) is 22.2 Å². The third kappa shape index (κ3) is 5.75. The molecule has 0 aliphatic carbocycles. The molecule has 0 spiro atoms. The van der Waals surface area contributed by atoms with Crippen LogP contribution in [0.4, 0.5) is 11.4 Å². The van der Waals surface area contributed by atoms with Gasteiger partial charge in [-0.05, 0) is 55.3 Å². The van der Waals surface area contributed by atoms with E-state index >= 15 is 0 Å². The van der Waals surface area contributed by atoms with E-state index in [1.807, 2.05) is 37.3 Å². The van der Waals surface area contributed by atoms with Gasteiger partial charge in [0.15, 0.2) is 0 Å². The Morgan fingerprint density at radius 3 is 2.30 bits per heavy atom. The third-order valence-electron chi connectivity index (χ3n) is 5.01. The van der Waals surface area contributed by atoms with Gasteiger partial charge in [0.05, 0.1) is 4.92 Å². The summed E-state index contributed by atoms with van der Waals surface area (Å²) in [6.07, 6.45) is 1.76. The summed E-state index contributed by atoms with van der Waals surface area (Å²) in [6, 6.07) is 18.6. The van der Waals surface area contributed by atoms with Crippen LogP contribution in [0, 0.1) is 17.0 Å². The van der Waals surface area contributed by atoms with Gasteiger partial charge in [-0.2, -0.15) is 8.42 Å². The van der Waals surface area contributed by atoms with Gasteiger partial charge in [-0.15, -0.1) is 0 Å². The number of nitro groups is 1. The molecule has 0 unspecified atom stereocenters. The maximum atomic E-state index is 13.1. The summed E-state index contributed by atoms with van der Waals surface area (Å²) in [6.45, 7) is 4.12. The number of non-ortho nitro benzene ring substituents is 1. The van der Waals surface area contributed by atoms with Crippen molar-refractivity contribution in [1.82, 2.24) is 0 Å². The zero-order valence-electron chi connectivity index (χ0n) is 18.3. The molecule has 172 valence electrons. The Balaban J connectivity index is 1.83. The first-order valence-corrected chi connectivity index (χ1v) is 11.8. The second-order valence-corrected chi connectivity index (χ2v) is 8.93. The summed E-state index contributed by atoms with van der Waals surface area (Å²) in [7, 11) is -4.30. The summed E-state index contributed by atoms with van der Waals surface area (Å²) in [5.74, 6) is -0.212. The van der Waals surface area contributed by atoms with Gasteiger partial charge in [0.25, 0.3) is 11.6 Å². The molecule has 0 aliphatic heterocycles. The van der Waals surface area contributed by atoms with Crippen molar-refractivity contribution < 1.29 is 22.3 Å². The van der Waals surface area contributed by atoms with Crippen LogP contribution in [-0.4, -0.2) is 25.8 Å². The van der Waals surface area contributed by atoms with Crippen LogP contribution in [0.2, 0.25) is 0 Å². The third-order valence-corrected chi connectivity index (χ3v) is 6.40. The van der Waals surface area contributed by atoms with Crippen molar-refractivity contribution in [1.29, 1.82) is 0 Å². The lowest BCUT2D eigenvalue weighted by Gasteiger charge is -2.23. The summed E-state index contributed by atoms with van der Waals surface area (Å²) < 4.78 is 30.6. The highest BCUT2D eigenvalue weighted by Gasteiger charge is 2.23. The quantitative estimate of drug-likeness (QED) is 0.245. The van der Waals surface area contributed by atoms with Gasteiger partial charge < -0.3 is 9.08 Å². The number of nitro benzene ring substituents is 1. The number of amides is 1. The molecular formula is C24H24N2O6S. The largest absolute Gasteiger partial charge is 0.379 e. The zero-order chi connectivity index (χ0) is 24.0. The van der Waals surface area contributed by atoms with Crippen LogP contribution in [0.3, 0.4) is 0 Å². The molecule has 0 aliphatic rings. The van der Waals surface area contributed by atoms with Crippen molar-refractivity contribution in [2.24, 2.45) is 0 Å². The Bertz CT molecular complexity index is 1240. The lowest BCUT2D eigenvalue weighted by atomic mass is 10.1. The standard InChI is InChI=1S/C24H24N2O6S/c1-3-4-16-25(20-8-6-5-7-9-20)24(27)19-11-14-22(15-12-19)32-33(30,31)23-17-21(26(28)29)13-10-18(23)2/h5-15,17H,3-4,16H2,1-2H3. The van der Waals surface area contributed by atoms with Crippen molar-refractivity contribution in [3.05, 3.63) is 94.0 Å². The molecule has 0 atom stereocenters. The van der Waals surface area contributed by atoms with Crippen LogP contribution in [0.25, 0.3) is 0 Å². The zero-order valence-corrected chi connectivity index (χ0v) is 19.1. The average Bonchev–Trinajstić information content (AvgIpc) is 2.80. The molecule has 0 N–H and O–H groups in total. The first kappa shape index (κ1) is 23.9. The van der Waals surface area contributed by atoms with Gasteiger partial charge in [-0.25, -0.2) is 0 Å². The minimum absolute atomic E-state index is 0.00252. The highest BCUT2D eigenvalue weighted by Crippen LogP contribution is 2.26. The number of carbonyl (C=O) groups is 1. The molecule has 1 amide bonds. The molecular weight excluding hydrogens is 444 g/mol. The second-order valence-electron chi connectivity index (χ2n) is 7.41. The monoisotopic (exact) mass is 468 g/mol. The fraction of sp³-hybridized carbons (Fsp3) is 0.208. The van der Waals surface area contributed by atoms with Gasteiger partial charge in [-0.1, -0.05) is 37.6 Å². The van der Waals surface area contributed by atoms with Crippen molar-refractivity contribution in [3.63, 3.8) is 0 Å². The van der Waals surface area contributed by atoms with Crippen molar-refractivity contribution in [3.8, 4) is 5.75 Å². The summed E-state index contributed by atoms with van der Waals surface area (Å²) in [5, 5.41) is 11.0. The number of para-hydroxylation sites is 1. The number of unbranched alkanes of at least 4 members (excludes halogenated alkanes) is 1. The van der Waals surface area contributed by atoms with Crippen LogP contribution in [0.5, 0.6) is 5.75 Å². The van der Waals surface area contributed by atoms with E-state index in [2.05, 4.69) is 0 Å². The van der Waals surface area contributed by atoms with Crippen LogP contribution >= 0.6 is 0 Å². The molecule has 3 aromatic rings. The Labute approximate surface area is 192 Å². The average molecular weight is 469 g/mol. The van der Waals surface area contributed by atoms with Gasteiger partial charge in [0.1, 0.15) is 10.6 Å². The number of nitrogens with zero attached hydrogens (tertiary/aromatic N) is 2. The van der Waals surface area contributed by atoms with Crippen molar-refractivity contribution >= 4 is 27.4 Å². The number of aryl methyl sites for hydroxylation is 1. The molecule has 0 saturated carbocycles. The van der Waals surface area contributed by atoms with Gasteiger partial charge in [-0.3, -0.25) is 14.9 Å². The number of hydrogen-bond acceptors (Lipinski definition) is 6.